The van der Waals surface area contributed by atoms with Crippen molar-refractivity contribution < 1.29 is 14.3 Å². The number of carbonyl (C=O) groups is 1. The van der Waals surface area contributed by atoms with Gasteiger partial charge >= 0.3 is 5.97 Å². The highest BCUT2D eigenvalue weighted by Gasteiger charge is 2.25. The van der Waals surface area contributed by atoms with Crippen molar-refractivity contribution in [1.82, 2.24) is 0 Å². The number of esters is 1. The molecule has 0 bridgehead atoms. The Kier molecular flexibility index (Phi) is 6.15. The normalized spacial score (nSPS) is 14.9. The second kappa shape index (κ2) is 9.01. The number of halogens is 1. The lowest BCUT2D eigenvalue weighted by atomic mass is 9.87. The summed E-state index contributed by atoms with van der Waals surface area (Å²) in [6.45, 7) is 6.78. The molecule has 4 rings (SSSR count). The molecule has 0 atom stereocenters. The Bertz CT molecular complexity index is 1200. The van der Waals surface area contributed by atoms with Crippen LogP contribution < -0.4 is 4.74 Å². The Balaban J connectivity index is 1.57. The standard InChI is InChI=1S/C27H24ClNO3/c1-27(2,3)21-14-12-18(13-15-21)25-29-23(26(30)32-25)16-19-8-5-7-11-24(19)31-17-20-9-4-6-10-22(20)28/h4-16H,17H2,1-3H3. The summed E-state index contributed by atoms with van der Waals surface area (Å²) < 4.78 is 11.4. The number of hydrogen-bond donors (Lipinski definition) is 0. The summed E-state index contributed by atoms with van der Waals surface area (Å²) in [5, 5.41) is 0.648. The van der Waals surface area contributed by atoms with Crippen LogP contribution >= 0.6 is 11.6 Å². The number of benzene rings is 3. The van der Waals surface area contributed by atoms with Gasteiger partial charge in [0.25, 0.3) is 0 Å². The molecule has 0 unspecified atom stereocenters. The highest BCUT2D eigenvalue weighted by Crippen LogP contribution is 2.27. The fraction of sp³-hybridized carbons (Fsp3) is 0.185. The van der Waals surface area contributed by atoms with Crippen molar-refractivity contribution in [3.8, 4) is 5.75 Å². The van der Waals surface area contributed by atoms with E-state index in [0.29, 0.717) is 23.3 Å². The van der Waals surface area contributed by atoms with E-state index in [2.05, 4.69) is 25.8 Å². The number of para-hydroxylation sites is 1. The summed E-state index contributed by atoms with van der Waals surface area (Å²) in [5.74, 6) is 0.447. The van der Waals surface area contributed by atoms with Gasteiger partial charge in [-0.25, -0.2) is 9.79 Å². The third-order valence-corrected chi connectivity index (χ3v) is 5.54. The molecule has 0 aliphatic carbocycles. The first kappa shape index (κ1) is 21.8. The van der Waals surface area contributed by atoms with Crippen molar-refractivity contribution in [1.29, 1.82) is 0 Å². The van der Waals surface area contributed by atoms with E-state index in [9.17, 15) is 4.79 Å². The Morgan fingerprint density at radius 3 is 2.38 bits per heavy atom. The van der Waals surface area contributed by atoms with E-state index in [1.807, 2.05) is 72.8 Å². The molecule has 0 fully saturated rings. The Morgan fingerprint density at radius 1 is 0.969 bits per heavy atom. The zero-order valence-electron chi connectivity index (χ0n) is 18.3. The molecule has 162 valence electrons. The largest absolute Gasteiger partial charge is 0.488 e. The van der Waals surface area contributed by atoms with E-state index in [1.165, 1.54) is 5.56 Å². The predicted octanol–water partition coefficient (Wildman–Crippen LogP) is 6.56. The zero-order chi connectivity index (χ0) is 22.7. The van der Waals surface area contributed by atoms with Crippen LogP contribution in [0.1, 0.15) is 43.0 Å². The Morgan fingerprint density at radius 2 is 1.66 bits per heavy atom. The van der Waals surface area contributed by atoms with Crippen LogP contribution in [0.5, 0.6) is 5.75 Å². The number of hydrogen-bond acceptors (Lipinski definition) is 4. The summed E-state index contributed by atoms with van der Waals surface area (Å²) in [4.78, 5) is 16.9. The van der Waals surface area contributed by atoms with E-state index >= 15 is 0 Å². The van der Waals surface area contributed by atoms with Crippen molar-refractivity contribution in [3.05, 3.63) is 106 Å². The van der Waals surface area contributed by atoms with E-state index in [1.54, 1.807) is 6.08 Å². The monoisotopic (exact) mass is 445 g/mol. The maximum Gasteiger partial charge on any atom is 0.363 e. The third-order valence-electron chi connectivity index (χ3n) is 5.17. The number of aliphatic imine (C=N–C) groups is 1. The highest BCUT2D eigenvalue weighted by molar-refractivity contribution is 6.31. The molecule has 4 nitrogen and oxygen atoms in total. The van der Waals surface area contributed by atoms with Crippen LogP contribution in [0, 0.1) is 0 Å². The van der Waals surface area contributed by atoms with Crippen LogP contribution in [0.15, 0.2) is 83.5 Å². The van der Waals surface area contributed by atoms with E-state index < -0.39 is 5.97 Å². The molecule has 3 aromatic rings. The first-order chi connectivity index (χ1) is 15.3. The van der Waals surface area contributed by atoms with E-state index in [4.69, 9.17) is 21.1 Å². The smallest absolute Gasteiger partial charge is 0.363 e. The lowest BCUT2D eigenvalue weighted by molar-refractivity contribution is -0.129. The third kappa shape index (κ3) is 4.92. The molecule has 0 saturated carbocycles. The lowest BCUT2D eigenvalue weighted by Crippen LogP contribution is -2.11. The molecule has 0 saturated heterocycles. The molecule has 3 aromatic carbocycles. The second-order valence-electron chi connectivity index (χ2n) is 8.58. The van der Waals surface area contributed by atoms with Crippen LogP contribution in [0.2, 0.25) is 5.02 Å². The molecule has 32 heavy (non-hydrogen) atoms. The quantitative estimate of drug-likeness (QED) is 0.330. The average molecular weight is 446 g/mol. The van der Waals surface area contributed by atoms with Gasteiger partial charge < -0.3 is 9.47 Å². The number of cyclic esters (lactones) is 1. The maximum atomic E-state index is 12.5. The van der Waals surface area contributed by atoms with Crippen molar-refractivity contribution >= 4 is 29.5 Å². The Hall–Kier alpha value is -3.37. The van der Waals surface area contributed by atoms with Gasteiger partial charge in [-0.3, -0.25) is 0 Å². The molecule has 5 heteroatoms. The van der Waals surface area contributed by atoms with Crippen molar-refractivity contribution in [3.63, 3.8) is 0 Å². The molecule has 1 aliphatic heterocycles. The minimum absolute atomic E-state index is 0.0471. The number of nitrogens with zero attached hydrogens (tertiary/aromatic N) is 1. The van der Waals surface area contributed by atoms with Gasteiger partial charge in [-0.1, -0.05) is 80.9 Å². The topological polar surface area (TPSA) is 47.9 Å². The minimum Gasteiger partial charge on any atom is -0.488 e. The molecule has 0 spiro atoms. The van der Waals surface area contributed by atoms with Gasteiger partial charge in [-0.2, -0.15) is 0 Å². The number of ether oxygens (including phenoxy) is 2. The summed E-state index contributed by atoms with van der Waals surface area (Å²) in [5.41, 5.74) is 3.86. The first-order valence-electron chi connectivity index (χ1n) is 10.4. The summed E-state index contributed by atoms with van der Waals surface area (Å²) in [6.07, 6.45) is 1.68. The summed E-state index contributed by atoms with van der Waals surface area (Å²) >= 11 is 6.22. The van der Waals surface area contributed by atoms with Crippen molar-refractivity contribution in [2.45, 2.75) is 32.8 Å². The van der Waals surface area contributed by atoms with Gasteiger partial charge in [0.15, 0.2) is 5.70 Å². The van der Waals surface area contributed by atoms with Gasteiger partial charge in [0.05, 0.1) is 0 Å². The molecule has 0 aromatic heterocycles. The molecule has 1 heterocycles. The predicted molar refractivity (Wildman–Crippen MR) is 128 cm³/mol. The van der Waals surface area contributed by atoms with Crippen LogP contribution in [-0.2, 0) is 21.6 Å². The van der Waals surface area contributed by atoms with Gasteiger partial charge in [-0.05, 0) is 41.3 Å². The van der Waals surface area contributed by atoms with Crippen LogP contribution in [-0.4, -0.2) is 11.9 Å². The summed E-state index contributed by atoms with van der Waals surface area (Å²) in [7, 11) is 0. The second-order valence-corrected chi connectivity index (χ2v) is 8.99. The molecular weight excluding hydrogens is 422 g/mol. The van der Waals surface area contributed by atoms with E-state index in [0.717, 1.165) is 16.7 Å². The first-order valence-corrected chi connectivity index (χ1v) is 10.8. The fourth-order valence-electron chi connectivity index (χ4n) is 3.29. The molecule has 0 N–H and O–H groups in total. The fourth-order valence-corrected chi connectivity index (χ4v) is 3.49. The van der Waals surface area contributed by atoms with Crippen molar-refractivity contribution in [2.24, 2.45) is 4.99 Å². The molecule has 1 aliphatic rings. The van der Waals surface area contributed by atoms with Crippen LogP contribution in [0.3, 0.4) is 0 Å². The average Bonchev–Trinajstić information content (AvgIpc) is 3.14. The molecule has 0 radical (unpaired) electrons. The maximum absolute atomic E-state index is 12.5. The number of rotatable bonds is 5. The van der Waals surface area contributed by atoms with Gasteiger partial charge in [0, 0.05) is 21.7 Å². The van der Waals surface area contributed by atoms with Crippen LogP contribution in [0.25, 0.3) is 6.08 Å². The van der Waals surface area contributed by atoms with Crippen molar-refractivity contribution in [2.75, 3.05) is 0 Å². The zero-order valence-corrected chi connectivity index (χ0v) is 19.0. The van der Waals surface area contributed by atoms with Crippen LogP contribution in [0.4, 0.5) is 0 Å². The number of carbonyl (C=O) groups excluding carboxylic acids is 1. The minimum atomic E-state index is -0.485. The highest BCUT2D eigenvalue weighted by atomic mass is 35.5. The van der Waals surface area contributed by atoms with E-state index in [-0.39, 0.29) is 11.1 Å². The Labute approximate surface area is 193 Å². The van der Waals surface area contributed by atoms with Gasteiger partial charge in [0.2, 0.25) is 5.90 Å². The summed E-state index contributed by atoms with van der Waals surface area (Å²) in [6, 6.07) is 22.9. The van der Waals surface area contributed by atoms with Gasteiger partial charge in [0.1, 0.15) is 12.4 Å². The molecule has 0 amide bonds. The van der Waals surface area contributed by atoms with Gasteiger partial charge in [-0.15, -0.1) is 0 Å². The lowest BCUT2D eigenvalue weighted by Gasteiger charge is -2.18. The molecular formula is C27H24ClNO3. The SMILES string of the molecule is CC(C)(C)c1ccc(C2=NC(=Cc3ccccc3OCc3ccccc3Cl)C(=O)O2)cc1.